The van der Waals surface area contributed by atoms with Gasteiger partial charge in [-0.15, -0.1) is 0 Å². The van der Waals surface area contributed by atoms with Gasteiger partial charge in [-0.1, -0.05) is 24.3 Å². The molecule has 0 N–H and O–H groups in total. The summed E-state index contributed by atoms with van der Waals surface area (Å²) in [4.78, 5) is 0. The number of rotatable bonds is 1. The lowest BCUT2D eigenvalue weighted by Gasteiger charge is -2.09. The summed E-state index contributed by atoms with van der Waals surface area (Å²) in [6, 6.07) is 11.1. The predicted octanol–water partition coefficient (Wildman–Crippen LogP) is 1.35. The number of nitrogens with zero attached hydrogens (tertiary/aromatic N) is 1. The minimum Gasteiger partial charge on any atom is -0.868 e. The number of para-hydroxylation sites is 1. The number of hydrogen-bond donors (Lipinski definition) is 0. The van der Waals surface area contributed by atoms with Crippen LogP contribution in [0, 0.1) is 6.92 Å². The van der Waals surface area contributed by atoms with Crippen molar-refractivity contribution in [2.24, 2.45) is 0 Å². The van der Waals surface area contributed by atoms with Crippen LogP contribution in [0.1, 0.15) is 5.56 Å². The molecule has 0 aliphatic heterocycles. The Kier molecular flexibility index (Phi) is 2.19. The average molecular weight is 185 g/mol. The van der Waals surface area contributed by atoms with Gasteiger partial charge in [-0.05, 0) is 12.7 Å². The van der Waals surface area contributed by atoms with E-state index >= 15 is 0 Å². The van der Waals surface area contributed by atoms with Crippen LogP contribution in [0.15, 0.2) is 48.8 Å². The normalized spacial score (nSPS) is 10.1. The van der Waals surface area contributed by atoms with Crippen LogP contribution >= 0.6 is 0 Å². The highest BCUT2D eigenvalue weighted by Crippen LogP contribution is 2.16. The zero-order valence-corrected chi connectivity index (χ0v) is 7.97. The smallest absolute Gasteiger partial charge is 0.205 e. The third-order valence-electron chi connectivity index (χ3n) is 2.17. The van der Waals surface area contributed by atoms with Gasteiger partial charge in [0.15, 0.2) is 12.4 Å². The molecule has 0 spiro atoms. The highest BCUT2D eigenvalue weighted by Gasteiger charge is 2.08. The van der Waals surface area contributed by atoms with Gasteiger partial charge in [-0.3, -0.25) is 0 Å². The molecule has 0 amide bonds. The van der Waals surface area contributed by atoms with Crippen LogP contribution in [0.25, 0.3) is 5.69 Å². The van der Waals surface area contributed by atoms with E-state index in [1.54, 1.807) is 12.1 Å². The molecule has 2 nitrogen and oxygen atoms in total. The van der Waals surface area contributed by atoms with Crippen molar-refractivity contribution in [2.75, 3.05) is 0 Å². The van der Waals surface area contributed by atoms with E-state index in [2.05, 4.69) is 0 Å². The van der Waals surface area contributed by atoms with Gasteiger partial charge in [-0.2, -0.15) is 4.57 Å². The zero-order chi connectivity index (χ0) is 9.97. The average Bonchev–Trinajstić information content (AvgIpc) is 2.19. The monoisotopic (exact) mass is 185 g/mol. The molecule has 70 valence electrons. The Morgan fingerprint density at radius 1 is 1.00 bits per heavy atom. The first-order chi connectivity index (χ1) is 6.79. The van der Waals surface area contributed by atoms with Gasteiger partial charge in [0.1, 0.15) is 0 Å². The Bertz CT molecular complexity index is 417. The van der Waals surface area contributed by atoms with E-state index < -0.39 is 0 Å². The van der Waals surface area contributed by atoms with Gasteiger partial charge in [0, 0.05) is 17.7 Å². The molecule has 0 unspecified atom stereocenters. The molecule has 2 heteroatoms. The fourth-order valence-electron chi connectivity index (χ4n) is 1.51. The minimum atomic E-state index is 0.0567. The molecular weight excluding hydrogens is 174 g/mol. The second-order valence-corrected chi connectivity index (χ2v) is 3.20. The van der Waals surface area contributed by atoms with Crippen molar-refractivity contribution in [2.45, 2.75) is 6.92 Å². The van der Waals surface area contributed by atoms with Crippen molar-refractivity contribution in [1.29, 1.82) is 0 Å². The van der Waals surface area contributed by atoms with Crippen LogP contribution in [-0.4, -0.2) is 0 Å². The summed E-state index contributed by atoms with van der Waals surface area (Å²) in [5.41, 5.74) is 1.72. The Morgan fingerprint density at radius 2 is 1.71 bits per heavy atom. The van der Waals surface area contributed by atoms with Gasteiger partial charge in [0.25, 0.3) is 0 Å². The molecule has 1 aromatic heterocycles. The van der Waals surface area contributed by atoms with Crippen molar-refractivity contribution >= 4 is 0 Å². The fourth-order valence-corrected chi connectivity index (χ4v) is 1.51. The van der Waals surface area contributed by atoms with Gasteiger partial charge >= 0.3 is 0 Å². The Labute approximate surface area is 83.1 Å². The maximum absolute atomic E-state index is 11.6. The number of pyridine rings is 1. The van der Waals surface area contributed by atoms with Gasteiger partial charge in [0.05, 0.1) is 0 Å². The first kappa shape index (κ1) is 8.75. The molecular formula is C12H11NO. The molecule has 0 radical (unpaired) electrons. The SMILES string of the molecule is Cc1cccc([O-])c1-[n+]1ccccc1. The summed E-state index contributed by atoms with van der Waals surface area (Å²) in [6.45, 7) is 1.94. The molecule has 0 atom stereocenters. The summed E-state index contributed by atoms with van der Waals surface area (Å²) >= 11 is 0. The van der Waals surface area contributed by atoms with E-state index in [0.717, 1.165) is 11.3 Å². The quantitative estimate of drug-likeness (QED) is 0.616. The third kappa shape index (κ3) is 1.46. The molecule has 0 saturated carbocycles. The van der Waals surface area contributed by atoms with Crippen LogP contribution in [0.4, 0.5) is 0 Å². The number of aromatic nitrogens is 1. The van der Waals surface area contributed by atoms with E-state index in [4.69, 9.17) is 0 Å². The van der Waals surface area contributed by atoms with E-state index in [1.807, 2.05) is 48.1 Å². The maximum Gasteiger partial charge on any atom is 0.205 e. The molecule has 2 rings (SSSR count). The first-order valence-corrected chi connectivity index (χ1v) is 4.52. The van der Waals surface area contributed by atoms with Gasteiger partial charge in [0.2, 0.25) is 5.69 Å². The summed E-state index contributed by atoms with van der Waals surface area (Å²) in [7, 11) is 0. The molecule has 0 aliphatic carbocycles. The Morgan fingerprint density at radius 3 is 2.36 bits per heavy atom. The molecule has 14 heavy (non-hydrogen) atoms. The highest BCUT2D eigenvalue weighted by atomic mass is 16.3. The second kappa shape index (κ2) is 3.50. The van der Waals surface area contributed by atoms with Crippen LogP contribution < -0.4 is 9.67 Å². The van der Waals surface area contributed by atoms with E-state index in [-0.39, 0.29) is 5.75 Å². The summed E-state index contributed by atoms with van der Waals surface area (Å²) in [5, 5.41) is 11.6. The molecule has 0 saturated heterocycles. The molecule has 0 bridgehead atoms. The van der Waals surface area contributed by atoms with Gasteiger partial charge in [-0.25, -0.2) is 0 Å². The second-order valence-electron chi connectivity index (χ2n) is 3.20. The lowest BCUT2D eigenvalue weighted by molar-refractivity contribution is -0.600. The summed E-state index contributed by atoms with van der Waals surface area (Å²) in [5.74, 6) is 0.0567. The van der Waals surface area contributed by atoms with Crippen molar-refractivity contribution in [3.63, 3.8) is 0 Å². The number of benzene rings is 1. The van der Waals surface area contributed by atoms with Crippen LogP contribution in [-0.2, 0) is 0 Å². The van der Waals surface area contributed by atoms with E-state index in [9.17, 15) is 5.11 Å². The van der Waals surface area contributed by atoms with Crippen molar-refractivity contribution < 1.29 is 9.67 Å². The molecule has 2 aromatic rings. The third-order valence-corrected chi connectivity index (χ3v) is 2.17. The van der Waals surface area contributed by atoms with E-state index in [0.29, 0.717) is 0 Å². The Balaban J connectivity index is 2.63. The molecule has 0 aliphatic rings. The van der Waals surface area contributed by atoms with Crippen molar-refractivity contribution in [3.05, 3.63) is 54.4 Å². The van der Waals surface area contributed by atoms with Gasteiger partial charge < -0.3 is 5.11 Å². The lowest BCUT2D eigenvalue weighted by atomic mass is 10.2. The summed E-state index contributed by atoms with van der Waals surface area (Å²) in [6.07, 6.45) is 3.76. The molecule has 0 fully saturated rings. The van der Waals surface area contributed by atoms with Crippen molar-refractivity contribution in [1.82, 2.24) is 0 Å². The highest BCUT2D eigenvalue weighted by molar-refractivity contribution is 5.44. The molecule has 1 aromatic carbocycles. The largest absolute Gasteiger partial charge is 0.868 e. The minimum absolute atomic E-state index is 0.0567. The lowest BCUT2D eigenvalue weighted by Crippen LogP contribution is -2.31. The topological polar surface area (TPSA) is 26.9 Å². The standard InChI is InChI=1S/C12H11NO/c1-10-6-5-7-11(14)12(10)13-8-3-2-4-9-13/h2-9H,1H3. The fraction of sp³-hybridized carbons (Fsp3) is 0.0833. The number of aryl methyl sites for hydroxylation is 1. The maximum atomic E-state index is 11.6. The zero-order valence-electron chi connectivity index (χ0n) is 7.97. The van der Waals surface area contributed by atoms with E-state index in [1.165, 1.54) is 0 Å². The summed E-state index contributed by atoms with van der Waals surface area (Å²) < 4.78 is 1.84. The predicted molar refractivity (Wildman–Crippen MR) is 52.2 cm³/mol. The van der Waals surface area contributed by atoms with Crippen LogP contribution in [0.5, 0.6) is 5.75 Å². The van der Waals surface area contributed by atoms with Crippen LogP contribution in [0.3, 0.4) is 0 Å². The van der Waals surface area contributed by atoms with Crippen molar-refractivity contribution in [3.8, 4) is 11.4 Å². The van der Waals surface area contributed by atoms with Crippen LogP contribution in [0.2, 0.25) is 0 Å². The Hall–Kier alpha value is -1.83. The number of hydrogen-bond acceptors (Lipinski definition) is 1. The molecule has 1 heterocycles. The first-order valence-electron chi connectivity index (χ1n) is 4.52.